The predicted octanol–water partition coefficient (Wildman–Crippen LogP) is 1.04. The predicted molar refractivity (Wildman–Crippen MR) is 66.5 cm³/mol. The molecular weight excluding hydrogens is 294 g/mol. The fourth-order valence-corrected chi connectivity index (χ4v) is 3.00. The molecule has 0 unspecified atom stereocenters. The Morgan fingerprint density at radius 1 is 1.44 bits per heavy atom. The van der Waals surface area contributed by atoms with Gasteiger partial charge in [0.1, 0.15) is 0 Å². The third-order valence-corrected chi connectivity index (χ3v) is 4.31. The molecule has 5 nitrogen and oxygen atoms in total. The number of hydrogen-bond donors (Lipinski definition) is 0. The van der Waals surface area contributed by atoms with E-state index in [0.29, 0.717) is 13.0 Å². The minimum atomic E-state index is -2.93. The van der Waals surface area contributed by atoms with Crippen molar-refractivity contribution in [2.45, 2.75) is 26.3 Å². The fraction of sp³-hybridized carbons (Fsp3) is 0.778. The van der Waals surface area contributed by atoms with Crippen molar-refractivity contribution in [2.75, 3.05) is 16.8 Å². The van der Waals surface area contributed by atoms with Crippen LogP contribution in [0.15, 0.2) is 6.20 Å². The zero-order valence-electron chi connectivity index (χ0n) is 9.26. The quantitative estimate of drug-likeness (QED) is 0.706. The van der Waals surface area contributed by atoms with Crippen molar-refractivity contribution in [1.29, 1.82) is 0 Å². The number of nitrogens with zero attached hydrogens (tertiary/aromatic N) is 3. The largest absolute Gasteiger partial charge is 0.251 e. The second kappa shape index (κ2) is 6.34. The SMILES string of the molecule is CCCS(=O)(=O)CCn1cc(CCBr)nn1. The lowest BCUT2D eigenvalue weighted by molar-refractivity contribution is 0.574. The first-order chi connectivity index (χ1) is 7.57. The van der Waals surface area contributed by atoms with Gasteiger partial charge in [-0.3, -0.25) is 4.68 Å². The van der Waals surface area contributed by atoms with Crippen LogP contribution in [-0.4, -0.2) is 40.2 Å². The van der Waals surface area contributed by atoms with E-state index in [1.165, 1.54) is 0 Å². The molecule has 0 radical (unpaired) electrons. The van der Waals surface area contributed by atoms with E-state index in [1.54, 1.807) is 10.9 Å². The van der Waals surface area contributed by atoms with Gasteiger partial charge in [-0.2, -0.15) is 0 Å². The smallest absolute Gasteiger partial charge is 0.152 e. The molecule has 0 aliphatic heterocycles. The summed E-state index contributed by atoms with van der Waals surface area (Å²) in [6.45, 7) is 2.25. The molecular formula is C9H16BrN3O2S. The van der Waals surface area contributed by atoms with E-state index in [2.05, 4.69) is 26.2 Å². The molecule has 0 aliphatic carbocycles. The van der Waals surface area contributed by atoms with Crippen molar-refractivity contribution in [3.63, 3.8) is 0 Å². The van der Waals surface area contributed by atoms with E-state index in [9.17, 15) is 8.42 Å². The molecule has 0 saturated heterocycles. The summed E-state index contributed by atoms with van der Waals surface area (Å²) in [6.07, 6.45) is 3.26. The summed E-state index contributed by atoms with van der Waals surface area (Å²) in [5, 5.41) is 8.65. The van der Waals surface area contributed by atoms with Crippen LogP contribution < -0.4 is 0 Å². The summed E-state index contributed by atoms with van der Waals surface area (Å²) in [7, 11) is -2.93. The second-order valence-electron chi connectivity index (χ2n) is 3.56. The maximum Gasteiger partial charge on any atom is 0.152 e. The standard InChI is InChI=1S/C9H16BrN3O2S/c1-2-6-16(14,15)7-5-13-8-9(3-4-10)11-12-13/h8H,2-7H2,1H3. The highest BCUT2D eigenvalue weighted by Gasteiger charge is 2.10. The maximum absolute atomic E-state index is 11.5. The number of aromatic nitrogens is 3. The van der Waals surface area contributed by atoms with Crippen molar-refractivity contribution in [2.24, 2.45) is 0 Å². The summed E-state index contributed by atoms with van der Waals surface area (Å²) in [5.41, 5.74) is 0.879. The van der Waals surface area contributed by atoms with E-state index in [1.807, 2.05) is 6.92 Å². The van der Waals surface area contributed by atoms with Crippen LogP contribution in [0.1, 0.15) is 19.0 Å². The molecule has 0 spiro atoms. The lowest BCUT2D eigenvalue weighted by Gasteiger charge is -2.01. The van der Waals surface area contributed by atoms with E-state index >= 15 is 0 Å². The number of rotatable bonds is 7. The summed E-state index contributed by atoms with van der Waals surface area (Å²) in [5.74, 6) is 0.383. The third-order valence-electron chi connectivity index (χ3n) is 2.08. The van der Waals surface area contributed by atoms with Crippen molar-refractivity contribution in [3.05, 3.63) is 11.9 Å². The molecule has 1 heterocycles. The Bertz CT molecular complexity index is 416. The zero-order chi connectivity index (χ0) is 12.0. The molecule has 0 N–H and O–H groups in total. The Kier molecular flexibility index (Phi) is 5.40. The molecule has 7 heteroatoms. The van der Waals surface area contributed by atoms with E-state index in [4.69, 9.17) is 0 Å². The average molecular weight is 310 g/mol. The molecule has 16 heavy (non-hydrogen) atoms. The monoisotopic (exact) mass is 309 g/mol. The molecule has 0 aliphatic rings. The minimum Gasteiger partial charge on any atom is -0.251 e. The summed E-state index contributed by atoms with van der Waals surface area (Å²) in [6, 6.07) is 0. The Hall–Kier alpha value is -0.430. The number of hydrogen-bond acceptors (Lipinski definition) is 4. The van der Waals surface area contributed by atoms with Crippen molar-refractivity contribution < 1.29 is 8.42 Å². The number of halogens is 1. The highest BCUT2D eigenvalue weighted by molar-refractivity contribution is 9.09. The van der Waals surface area contributed by atoms with Gasteiger partial charge in [-0.25, -0.2) is 8.42 Å². The number of sulfone groups is 1. The molecule has 0 bridgehead atoms. The molecule has 0 aromatic carbocycles. The lowest BCUT2D eigenvalue weighted by Crippen LogP contribution is -2.16. The third kappa shape index (κ3) is 4.61. The van der Waals surface area contributed by atoms with E-state index in [0.717, 1.165) is 17.4 Å². The van der Waals surface area contributed by atoms with Crippen LogP contribution in [0.2, 0.25) is 0 Å². The van der Waals surface area contributed by atoms with Crippen LogP contribution in [0.25, 0.3) is 0 Å². The van der Waals surface area contributed by atoms with Gasteiger partial charge in [-0.15, -0.1) is 5.10 Å². The Labute approximate surface area is 104 Å². The van der Waals surface area contributed by atoms with E-state index < -0.39 is 9.84 Å². The Morgan fingerprint density at radius 2 is 2.19 bits per heavy atom. The van der Waals surface area contributed by atoms with Crippen LogP contribution in [0, 0.1) is 0 Å². The molecule has 1 rings (SSSR count). The molecule has 92 valence electrons. The fourth-order valence-electron chi connectivity index (χ4n) is 1.30. The van der Waals surface area contributed by atoms with Crippen molar-refractivity contribution in [3.8, 4) is 0 Å². The minimum absolute atomic E-state index is 0.137. The second-order valence-corrected chi connectivity index (χ2v) is 6.66. The van der Waals surface area contributed by atoms with Gasteiger partial charge in [0, 0.05) is 23.7 Å². The highest BCUT2D eigenvalue weighted by atomic mass is 79.9. The maximum atomic E-state index is 11.5. The Morgan fingerprint density at radius 3 is 2.81 bits per heavy atom. The normalized spacial score (nSPS) is 11.9. The summed E-state index contributed by atoms with van der Waals surface area (Å²) >= 11 is 3.31. The number of aryl methyl sites for hydroxylation is 2. The first kappa shape index (κ1) is 13.6. The highest BCUT2D eigenvalue weighted by Crippen LogP contribution is 1.99. The van der Waals surface area contributed by atoms with Crippen molar-refractivity contribution in [1.82, 2.24) is 15.0 Å². The molecule has 0 amide bonds. The molecule has 1 aromatic heterocycles. The van der Waals surface area contributed by atoms with Crippen molar-refractivity contribution >= 4 is 25.8 Å². The molecule has 0 saturated carbocycles. The molecule has 0 atom stereocenters. The molecule has 1 aromatic rings. The topological polar surface area (TPSA) is 64.8 Å². The molecule has 0 fully saturated rings. The van der Waals surface area contributed by atoms with Gasteiger partial charge >= 0.3 is 0 Å². The average Bonchev–Trinajstić information content (AvgIpc) is 2.64. The van der Waals surface area contributed by atoms with Crippen LogP contribution in [0.3, 0.4) is 0 Å². The first-order valence-corrected chi connectivity index (χ1v) is 8.17. The first-order valence-electron chi connectivity index (χ1n) is 5.23. The van der Waals surface area contributed by atoms with Gasteiger partial charge in [-0.05, 0) is 6.42 Å². The van der Waals surface area contributed by atoms with Crippen LogP contribution in [0.4, 0.5) is 0 Å². The van der Waals surface area contributed by atoms with Crippen LogP contribution >= 0.6 is 15.9 Å². The Balaban J connectivity index is 2.48. The van der Waals surface area contributed by atoms with E-state index in [-0.39, 0.29) is 11.5 Å². The van der Waals surface area contributed by atoms with Crippen LogP contribution in [0.5, 0.6) is 0 Å². The lowest BCUT2D eigenvalue weighted by atomic mass is 10.4. The summed E-state index contributed by atoms with van der Waals surface area (Å²) in [4.78, 5) is 0. The van der Waals surface area contributed by atoms with Gasteiger partial charge in [-0.1, -0.05) is 28.1 Å². The van der Waals surface area contributed by atoms with Gasteiger partial charge in [0.25, 0.3) is 0 Å². The summed E-state index contributed by atoms with van der Waals surface area (Å²) < 4.78 is 24.5. The zero-order valence-corrected chi connectivity index (χ0v) is 11.7. The van der Waals surface area contributed by atoms with Crippen LogP contribution in [-0.2, 0) is 22.8 Å². The van der Waals surface area contributed by atoms with Gasteiger partial charge in [0.2, 0.25) is 0 Å². The number of alkyl halides is 1. The van der Waals surface area contributed by atoms with Gasteiger partial charge < -0.3 is 0 Å². The van der Waals surface area contributed by atoms with Gasteiger partial charge in [0.05, 0.1) is 18.0 Å². The van der Waals surface area contributed by atoms with Gasteiger partial charge in [0.15, 0.2) is 9.84 Å².